The van der Waals surface area contributed by atoms with Crippen molar-refractivity contribution in [1.82, 2.24) is 19.7 Å². The molecule has 0 amide bonds. The average Bonchev–Trinajstić information content (AvgIpc) is 2.83. The van der Waals surface area contributed by atoms with Crippen molar-refractivity contribution in [3.05, 3.63) is 29.8 Å². The van der Waals surface area contributed by atoms with Gasteiger partial charge >= 0.3 is 0 Å². The summed E-state index contributed by atoms with van der Waals surface area (Å²) in [6.45, 7) is 3.09. The number of nitrogens with zero attached hydrogens (tertiary/aromatic N) is 5. The summed E-state index contributed by atoms with van der Waals surface area (Å²) in [4.78, 5) is 8.29. The van der Waals surface area contributed by atoms with Crippen molar-refractivity contribution in [2.75, 3.05) is 19.0 Å². The predicted octanol–water partition coefficient (Wildman–Crippen LogP) is 1.24. The molecule has 2 aromatic heterocycles. The van der Waals surface area contributed by atoms with Gasteiger partial charge in [0, 0.05) is 19.0 Å². The minimum absolute atomic E-state index is 0.335. The van der Waals surface area contributed by atoms with Gasteiger partial charge in [0.2, 0.25) is 5.95 Å². The molecule has 0 atom stereocenters. The van der Waals surface area contributed by atoms with Crippen LogP contribution in [0.4, 0.5) is 11.6 Å². The van der Waals surface area contributed by atoms with E-state index in [9.17, 15) is 0 Å². The Morgan fingerprint density at radius 3 is 3.05 bits per heavy atom. The van der Waals surface area contributed by atoms with Crippen LogP contribution in [0.1, 0.15) is 11.4 Å². The molecule has 0 aliphatic rings. The molecule has 0 aliphatic heterocycles. The molecule has 1 N–H and O–H groups in total. The van der Waals surface area contributed by atoms with Crippen LogP contribution in [-0.2, 0) is 11.3 Å². The summed E-state index contributed by atoms with van der Waals surface area (Å²) in [7, 11) is 1.65. The number of ether oxygens (including phenoxy) is 1. The Balaban J connectivity index is 2.10. The van der Waals surface area contributed by atoms with Crippen LogP contribution in [0.5, 0.6) is 0 Å². The Bertz CT molecular complexity index is 601. The number of nitriles is 1. The van der Waals surface area contributed by atoms with Crippen LogP contribution in [0.2, 0.25) is 0 Å². The van der Waals surface area contributed by atoms with E-state index in [-0.39, 0.29) is 0 Å². The molecule has 98 valence electrons. The zero-order chi connectivity index (χ0) is 13.7. The number of hydrogen-bond donors (Lipinski definition) is 1. The Labute approximate surface area is 110 Å². The van der Waals surface area contributed by atoms with Gasteiger partial charge in [-0.2, -0.15) is 10.4 Å². The first kappa shape index (κ1) is 13.0. The summed E-state index contributed by atoms with van der Waals surface area (Å²) in [5, 5.41) is 16.0. The quantitative estimate of drug-likeness (QED) is 0.868. The minimum atomic E-state index is 0.335. The first-order valence-corrected chi connectivity index (χ1v) is 5.75. The molecule has 0 spiro atoms. The zero-order valence-electron chi connectivity index (χ0n) is 10.8. The monoisotopic (exact) mass is 258 g/mol. The fourth-order valence-corrected chi connectivity index (χ4v) is 1.55. The number of rotatable bonds is 5. The molecule has 19 heavy (non-hydrogen) atoms. The van der Waals surface area contributed by atoms with Crippen LogP contribution < -0.4 is 5.32 Å². The molecule has 0 aliphatic carbocycles. The van der Waals surface area contributed by atoms with Gasteiger partial charge in [-0.1, -0.05) is 0 Å². The van der Waals surface area contributed by atoms with E-state index >= 15 is 0 Å². The fraction of sp³-hybridized carbons (Fsp3) is 0.333. The third kappa shape index (κ3) is 3.50. The Morgan fingerprint density at radius 2 is 2.32 bits per heavy atom. The molecule has 7 heteroatoms. The van der Waals surface area contributed by atoms with Crippen LogP contribution in [0.25, 0.3) is 0 Å². The second kappa shape index (κ2) is 5.93. The summed E-state index contributed by atoms with van der Waals surface area (Å²) in [5.74, 6) is 0.392. The SMILES string of the molecule is COCCn1cc(Nc2nc(C)cc(C#N)n2)cn1. The number of methoxy groups -OCH3 is 1. The maximum absolute atomic E-state index is 8.86. The van der Waals surface area contributed by atoms with Gasteiger partial charge in [0.25, 0.3) is 0 Å². The van der Waals surface area contributed by atoms with Crippen LogP contribution in [0.3, 0.4) is 0 Å². The smallest absolute Gasteiger partial charge is 0.228 e. The normalized spacial score (nSPS) is 10.2. The number of hydrogen-bond acceptors (Lipinski definition) is 6. The lowest BCUT2D eigenvalue weighted by Gasteiger charge is -2.03. The van der Waals surface area contributed by atoms with Crippen molar-refractivity contribution in [2.45, 2.75) is 13.5 Å². The molecule has 0 saturated carbocycles. The molecule has 0 bridgehead atoms. The molecule has 0 radical (unpaired) electrons. The molecule has 7 nitrogen and oxygen atoms in total. The molecule has 2 heterocycles. The molecule has 0 saturated heterocycles. The molecular weight excluding hydrogens is 244 g/mol. The molecule has 2 aromatic rings. The topological polar surface area (TPSA) is 88.6 Å². The number of nitrogens with one attached hydrogen (secondary N) is 1. The fourth-order valence-electron chi connectivity index (χ4n) is 1.55. The highest BCUT2D eigenvalue weighted by atomic mass is 16.5. The lowest BCUT2D eigenvalue weighted by molar-refractivity contribution is 0.183. The molecule has 0 unspecified atom stereocenters. The van der Waals surface area contributed by atoms with E-state index in [1.165, 1.54) is 0 Å². The van der Waals surface area contributed by atoms with Gasteiger partial charge in [0.1, 0.15) is 11.8 Å². The number of anilines is 2. The van der Waals surface area contributed by atoms with Gasteiger partial charge < -0.3 is 10.1 Å². The van der Waals surface area contributed by atoms with Gasteiger partial charge in [0.15, 0.2) is 0 Å². The Kier molecular flexibility index (Phi) is 4.05. The highest BCUT2D eigenvalue weighted by Gasteiger charge is 2.04. The van der Waals surface area contributed by atoms with Crippen LogP contribution in [0, 0.1) is 18.3 Å². The highest BCUT2D eigenvalue weighted by molar-refractivity contribution is 5.51. The molecule has 2 rings (SSSR count). The second-order valence-corrected chi connectivity index (χ2v) is 3.94. The average molecular weight is 258 g/mol. The summed E-state index contributed by atoms with van der Waals surface area (Å²) >= 11 is 0. The summed E-state index contributed by atoms with van der Waals surface area (Å²) in [6.07, 6.45) is 3.50. The number of aromatic nitrogens is 4. The molecular formula is C12H14N6O. The first-order chi connectivity index (χ1) is 9.21. The summed E-state index contributed by atoms with van der Waals surface area (Å²) < 4.78 is 6.73. The van der Waals surface area contributed by atoms with Crippen LogP contribution in [-0.4, -0.2) is 33.5 Å². The molecule has 0 fully saturated rings. The van der Waals surface area contributed by atoms with Crippen molar-refractivity contribution < 1.29 is 4.74 Å². The van der Waals surface area contributed by atoms with E-state index in [0.29, 0.717) is 24.8 Å². The zero-order valence-corrected chi connectivity index (χ0v) is 10.8. The van der Waals surface area contributed by atoms with Gasteiger partial charge in [-0.15, -0.1) is 0 Å². The van der Waals surface area contributed by atoms with Crippen molar-refractivity contribution in [1.29, 1.82) is 5.26 Å². The van der Waals surface area contributed by atoms with Gasteiger partial charge in [-0.3, -0.25) is 4.68 Å². The lowest BCUT2D eigenvalue weighted by Crippen LogP contribution is -2.04. The van der Waals surface area contributed by atoms with E-state index in [0.717, 1.165) is 11.4 Å². The first-order valence-electron chi connectivity index (χ1n) is 5.75. The molecule has 0 aromatic carbocycles. The maximum atomic E-state index is 8.86. The minimum Gasteiger partial charge on any atom is -0.383 e. The van der Waals surface area contributed by atoms with Gasteiger partial charge in [-0.05, 0) is 13.0 Å². The third-order valence-electron chi connectivity index (χ3n) is 2.38. The maximum Gasteiger partial charge on any atom is 0.228 e. The Morgan fingerprint density at radius 1 is 1.47 bits per heavy atom. The standard InChI is InChI=1S/C12H14N6O/c1-9-5-10(6-13)16-12(15-9)17-11-7-14-18(8-11)3-4-19-2/h5,7-8H,3-4H2,1-2H3,(H,15,16,17). The van der Waals surface area contributed by atoms with E-state index in [1.807, 2.05) is 19.2 Å². The lowest BCUT2D eigenvalue weighted by atomic mass is 10.3. The van der Waals surface area contributed by atoms with Crippen LogP contribution in [0.15, 0.2) is 18.5 Å². The van der Waals surface area contributed by atoms with E-state index in [4.69, 9.17) is 10.00 Å². The predicted molar refractivity (Wildman–Crippen MR) is 68.9 cm³/mol. The van der Waals surface area contributed by atoms with E-state index in [1.54, 1.807) is 24.1 Å². The van der Waals surface area contributed by atoms with Crippen LogP contribution >= 0.6 is 0 Å². The Hall–Kier alpha value is -2.46. The van der Waals surface area contributed by atoms with Gasteiger partial charge in [0.05, 0.1) is 25.0 Å². The number of aryl methyl sites for hydroxylation is 1. The van der Waals surface area contributed by atoms with E-state index < -0.39 is 0 Å². The largest absolute Gasteiger partial charge is 0.383 e. The van der Waals surface area contributed by atoms with Gasteiger partial charge in [-0.25, -0.2) is 9.97 Å². The van der Waals surface area contributed by atoms with Crippen molar-refractivity contribution in [3.63, 3.8) is 0 Å². The second-order valence-electron chi connectivity index (χ2n) is 3.94. The summed E-state index contributed by atoms with van der Waals surface area (Å²) in [6, 6.07) is 3.63. The van der Waals surface area contributed by atoms with Crippen molar-refractivity contribution in [3.8, 4) is 6.07 Å². The summed E-state index contributed by atoms with van der Waals surface area (Å²) in [5.41, 5.74) is 1.84. The van der Waals surface area contributed by atoms with Crippen molar-refractivity contribution >= 4 is 11.6 Å². The van der Waals surface area contributed by atoms with E-state index in [2.05, 4.69) is 20.4 Å². The third-order valence-corrected chi connectivity index (χ3v) is 2.38. The van der Waals surface area contributed by atoms with Crippen molar-refractivity contribution in [2.24, 2.45) is 0 Å². The highest BCUT2D eigenvalue weighted by Crippen LogP contribution is 2.12.